The van der Waals surface area contributed by atoms with E-state index in [0.29, 0.717) is 22.3 Å². The maximum absolute atomic E-state index is 8.92. The molecule has 4 rings (SSSR count). The van der Waals surface area contributed by atoms with Crippen LogP contribution in [0, 0.1) is 20.8 Å². The zero-order chi connectivity index (χ0) is 23.9. The summed E-state index contributed by atoms with van der Waals surface area (Å²) < 4.78 is 0. The average molecular weight is 453 g/mol. The fourth-order valence-electron chi connectivity index (χ4n) is 2.21. The molecule has 0 radical (unpaired) electrons. The number of aromatic hydroxyl groups is 4. The van der Waals surface area contributed by atoms with Crippen molar-refractivity contribution in [2.75, 3.05) is 0 Å². The van der Waals surface area contributed by atoms with Crippen molar-refractivity contribution in [3.8, 4) is 23.0 Å². The Balaban J connectivity index is 0.000000213. The number of hydrogen-bond donors (Lipinski definition) is 4. The molecule has 0 aliphatic carbocycles. The Morgan fingerprint density at radius 1 is 0.500 bits per heavy atom. The summed E-state index contributed by atoms with van der Waals surface area (Å²) in [6.07, 6.45) is 0. The van der Waals surface area contributed by atoms with E-state index in [1.54, 1.807) is 48.5 Å². The molecule has 0 unspecified atom stereocenters. The van der Waals surface area contributed by atoms with E-state index in [-0.39, 0.29) is 5.75 Å². The van der Waals surface area contributed by atoms with Gasteiger partial charge in [-0.1, -0.05) is 65.7 Å². The summed E-state index contributed by atoms with van der Waals surface area (Å²) in [5.41, 5.74) is 3.18. The maximum atomic E-state index is 8.92. The summed E-state index contributed by atoms with van der Waals surface area (Å²) in [7, 11) is 0. The van der Waals surface area contributed by atoms with Crippen molar-refractivity contribution in [1.82, 2.24) is 0 Å². The molecule has 5 heteroatoms. The standard InChI is InChI=1S/3C7H8O.C6H5ClO/c1-6-2-4-7(8)5-3-6;1-6-3-2-4-7(8)5-6;1-6-4-2-3-5-7(6)8;7-5-2-1-3-6(8)4-5/h3*2-5,8H,1H3;1-4,8H. The van der Waals surface area contributed by atoms with Crippen molar-refractivity contribution in [3.63, 3.8) is 0 Å². The monoisotopic (exact) mass is 452 g/mol. The molecule has 4 aromatic rings. The number of hydrogen-bond acceptors (Lipinski definition) is 4. The summed E-state index contributed by atoms with van der Waals surface area (Å²) in [5.74, 6) is 1.24. The average Bonchev–Trinajstić information content (AvgIpc) is 2.73. The third kappa shape index (κ3) is 12.2. The van der Waals surface area contributed by atoms with E-state index in [2.05, 4.69) is 0 Å². The van der Waals surface area contributed by atoms with E-state index in [1.807, 2.05) is 63.2 Å². The predicted molar refractivity (Wildman–Crippen MR) is 132 cm³/mol. The second-order valence-corrected chi connectivity index (χ2v) is 7.38. The number of aryl methyl sites for hydroxylation is 3. The van der Waals surface area contributed by atoms with Crippen molar-refractivity contribution in [2.45, 2.75) is 20.8 Å². The highest BCUT2D eigenvalue weighted by molar-refractivity contribution is 6.30. The number of rotatable bonds is 0. The molecule has 0 heterocycles. The Kier molecular flexibility index (Phi) is 11.9. The minimum Gasteiger partial charge on any atom is -0.508 e. The van der Waals surface area contributed by atoms with Gasteiger partial charge in [-0.3, -0.25) is 0 Å². The number of phenolic OH excluding ortho intramolecular Hbond substituents is 4. The number of halogens is 1. The van der Waals surface area contributed by atoms with E-state index in [0.717, 1.165) is 11.1 Å². The lowest BCUT2D eigenvalue weighted by molar-refractivity contribution is 0.471. The van der Waals surface area contributed by atoms with Crippen LogP contribution in [0.15, 0.2) is 97.1 Å². The van der Waals surface area contributed by atoms with E-state index in [4.69, 9.17) is 32.0 Å². The molecule has 0 bridgehead atoms. The van der Waals surface area contributed by atoms with Gasteiger partial charge in [-0.05, 0) is 80.4 Å². The van der Waals surface area contributed by atoms with Crippen LogP contribution in [0.2, 0.25) is 5.02 Å². The van der Waals surface area contributed by atoms with Gasteiger partial charge in [-0.15, -0.1) is 0 Å². The van der Waals surface area contributed by atoms with E-state index in [1.165, 1.54) is 11.6 Å². The molecule has 0 aliphatic heterocycles. The van der Waals surface area contributed by atoms with Crippen molar-refractivity contribution in [3.05, 3.63) is 119 Å². The zero-order valence-electron chi connectivity index (χ0n) is 18.4. The van der Waals surface area contributed by atoms with Crippen molar-refractivity contribution >= 4 is 11.6 Å². The van der Waals surface area contributed by atoms with Gasteiger partial charge in [0.05, 0.1) is 0 Å². The molecular formula is C27H29ClO4. The lowest BCUT2D eigenvalue weighted by atomic mass is 10.2. The second-order valence-electron chi connectivity index (χ2n) is 6.94. The van der Waals surface area contributed by atoms with Crippen LogP contribution in [0.3, 0.4) is 0 Å². The molecule has 0 aliphatic rings. The summed E-state index contributed by atoms with van der Waals surface area (Å²) in [6.45, 7) is 5.80. The fourth-order valence-corrected chi connectivity index (χ4v) is 2.40. The normalized spacial score (nSPS) is 9.12. The Hall–Kier alpha value is -3.63. The highest BCUT2D eigenvalue weighted by atomic mass is 35.5. The van der Waals surface area contributed by atoms with Crippen LogP contribution in [-0.4, -0.2) is 20.4 Å². The lowest BCUT2D eigenvalue weighted by Gasteiger charge is -1.92. The molecule has 0 atom stereocenters. The van der Waals surface area contributed by atoms with Crippen LogP contribution in [0.4, 0.5) is 0 Å². The van der Waals surface area contributed by atoms with Gasteiger partial charge in [0, 0.05) is 5.02 Å². The molecule has 0 saturated heterocycles. The van der Waals surface area contributed by atoms with Crippen LogP contribution in [0.1, 0.15) is 16.7 Å². The summed E-state index contributed by atoms with van der Waals surface area (Å²) in [5, 5.41) is 35.8. The van der Waals surface area contributed by atoms with Crippen molar-refractivity contribution in [2.24, 2.45) is 0 Å². The van der Waals surface area contributed by atoms with Gasteiger partial charge < -0.3 is 20.4 Å². The molecule has 0 aromatic heterocycles. The van der Waals surface area contributed by atoms with Crippen LogP contribution in [-0.2, 0) is 0 Å². The van der Waals surface area contributed by atoms with Gasteiger partial charge >= 0.3 is 0 Å². The number of phenols is 4. The largest absolute Gasteiger partial charge is 0.508 e. The molecule has 4 N–H and O–H groups in total. The molecule has 4 nitrogen and oxygen atoms in total. The van der Waals surface area contributed by atoms with Crippen LogP contribution >= 0.6 is 11.6 Å². The first kappa shape index (κ1) is 26.4. The first-order valence-electron chi connectivity index (χ1n) is 9.87. The van der Waals surface area contributed by atoms with Gasteiger partial charge in [-0.25, -0.2) is 0 Å². The molecular weight excluding hydrogens is 424 g/mol. The van der Waals surface area contributed by atoms with Gasteiger partial charge in [-0.2, -0.15) is 0 Å². The Morgan fingerprint density at radius 2 is 1.06 bits per heavy atom. The van der Waals surface area contributed by atoms with E-state index < -0.39 is 0 Å². The minimum atomic E-state index is 0.206. The predicted octanol–water partition coefficient (Wildman–Crippen LogP) is 7.15. The molecule has 0 spiro atoms. The van der Waals surface area contributed by atoms with Gasteiger partial charge in [0.1, 0.15) is 23.0 Å². The van der Waals surface area contributed by atoms with Crippen LogP contribution < -0.4 is 0 Å². The minimum absolute atomic E-state index is 0.206. The Bertz CT molecular complexity index is 943. The molecule has 168 valence electrons. The molecule has 0 amide bonds. The highest BCUT2D eigenvalue weighted by Crippen LogP contribution is 2.14. The third-order valence-corrected chi connectivity index (χ3v) is 4.19. The quantitative estimate of drug-likeness (QED) is 0.228. The molecule has 32 heavy (non-hydrogen) atoms. The highest BCUT2D eigenvalue weighted by Gasteiger charge is 1.87. The summed E-state index contributed by atoms with van der Waals surface area (Å²) in [4.78, 5) is 0. The number of benzene rings is 4. The molecule has 0 fully saturated rings. The van der Waals surface area contributed by atoms with Crippen molar-refractivity contribution < 1.29 is 20.4 Å². The lowest BCUT2D eigenvalue weighted by Crippen LogP contribution is -1.68. The van der Waals surface area contributed by atoms with Gasteiger partial charge in [0.15, 0.2) is 0 Å². The maximum Gasteiger partial charge on any atom is 0.118 e. The first-order valence-corrected chi connectivity index (χ1v) is 10.3. The van der Waals surface area contributed by atoms with Crippen LogP contribution in [0.25, 0.3) is 0 Å². The molecule has 4 aromatic carbocycles. The van der Waals surface area contributed by atoms with Crippen LogP contribution in [0.5, 0.6) is 23.0 Å². The topological polar surface area (TPSA) is 80.9 Å². The zero-order valence-corrected chi connectivity index (χ0v) is 19.2. The smallest absolute Gasteiger partial charge is 0.118 e. The van der Waals surface area contributed by atoms with Gasteiger partial charge in [0.25, 0.3) is 0 Å². The first-order chi connectivity index (χ1) is 15.2. The third-order valence-electron chi connectivity index (χ3n) is 3.96. The van der Waals surface area contributed by atoms with E-state index >= 15 is 0 Å². The SMILES string of the molecule is Cc1ccc(O)cc1.Cc1cccc(O)c1.Cc1ccccc1O.Oc1cccc(Cl)c1. The summed E-state index contributed by atoms with van der Waals surface area (Å²) >= 11 is 5.48. The van der Waals surface area contributed by atoms with Crippen molar-refractivity contribution in [1.29, 1.82) is 0 Å². The fraction of sp³-hybridized carbons (Fsp3) is 0.111. The molecule has 0 saturated carbocycles. The second kappa shape index (κ2) is 14.4. The summed E-state index contributed by atoms with van der Waals surface area (Å²) in [6, 6.07) is 28.0. The number of para-hydroxylation sites is 1. The Labute approximate surface area is 194 Å². The van der Waals surface area contributed by atoms with Gasteiger partial charge in [0.2, 0.25) is 0 Å². The Morgan fingerprint density at radius 3 is 1.41 bits per heavy atom. The van der Waals surface area contributed by atoms with E-state index in [9.17, 15) is 0 Å².